The summed E-state index contributed by atoms with van der Waals surface area (Å²) < 4.78 is 13.4. The topological polar surface area (TPSA) is 65.5 Å². The molecule has 1 aromatic heterocycles. The number of aromatic hydroxyl groups is 1. The number of likely N-dealkylation sites (tertiary alicyclic amines) is 1. The van der Waals surface area contributed by atoms with Crippen LogP contribution < -0.4 is 5.32 Å². The van der Waals surface area contributed by atoms with Gasteiger partial charge in [0.15, 0.2) is 11.6 Å². The van der Waals surface area contributed by atoms with E-state index in [1.54, 1.807) is 12.3 Å². The van der Waals surface area contributed by atoms with Gasteiger partial charge in [-0.15, -0.1) is 0 Å². The van der Waals surface area contributed by atoms with Crippen LogP contribution in [0.4, 0.5) is 4.39 Å². The van der Waals surface area contributed by atoms with Crippen molar-refractivity contribution in [2.45, 2.75) is 31.7 Å². The molecule has 2 heterocycles. The molecule has 1 saturated heterocycles. The number of pyridine rings is 1. The molecule has 0 saturated carbocycles. The highest BCUT2D eigenvalue weighted by Crippen LogP contribution is 2.23. The van der Waals surface area contributed by atoms with Gasteiger partial charge in [0.25, 0.3) is 0 Å². The second-order valence-electron chi connectivity index (χ2n) is 6.67. The molecule has 5 nitrogen and oxygen atoms in total. The Bertz CT molecular complexity index is 733. The molecule has 1 fully saturated rings. The zero-order valence-corrected chi connectivity index (χ0v) is 14.7. The Hall–Kier alpha value is -2.47. The molecular formula is C20H24FN3O2. The zero-order chi connectivity index (χ0) is 18.4. The third-order valence-electron chi connectivity index (χ3n) is 4.77. The van der Waals surface area contributed by atoms with Crippen LogP contribution in [0.3, 0.4) is 0 Å². The first-order chi connectivity index (χ1) is 12.6. The van der Waals surface area contributed by atoms with E-state index in [1.165, 1.54) is 18.6 Å². The minimum atomic E-state index is -0.711. The lowest BCUT2D eigenvalue weighted by molar-refractivity contribution is -0.120. The Balaban J connectivity index is 1.63. The lowest BCUT2D eigenvalue weighted by atomic mass is 10.0. The van der Waals surface area contributed by atoms with Crippen molar-refractivity contribution in [3.8, 4) is 5.75 Å². The SMILES string of the molecule is O=C(Cc1ccc(O)c(F)c1)NCC(c1cccnc1)N1CCCCC1. The summed E-state index contributed by atoms with van der Waals surface area (Å²) >= 11 is 0. The molecule has 0 aliphatic carbocycles. The second-order valence-corrected chi connectivity index (χ2v) is 6.67. The largest absolute Gasteiger partial charge is 0.505 e. The van der Waals surface area contributed by atoms with Crippen molar-refractivity contribution in [3.05, 3.63) is 59.7 Å². The smallest absolute Gasteiger partial charge is 0.224 e. The van der Waals surface area contributed by atoms with Crippen LogP contribution in [0.15, 0.2) is 42.7 Å². The van der Waals surface area contributed by atoms with Crippen LogP contribution in [0.25, 0.3) is 0 Å². The molecule has 1 amide bonds. The van der Waals surface area contributed by atoms with E-state index in [4.69, 9.17) is 0 Å². The summed E-state index contributed by atoms with van der Waals surface area (Å²) in [6, 6.07) is 8.05. The van der Waals surface area contributed by atoms with E-state index in [2.05, 4.69) is 15.2 Å². The van der Waals surface area contributed by atoms with Crippen molar-refractivity contribution >= 4 is 5.91 Å². The van der Waals surface area contributed by atoms with Crippen LogP contribution in [-0.4, -0.2) is 40.5 Å². The Morgan fingerprint density at radius 3 is 2.77 bits per heavy atom. The molecule has 3 rings (SSSR count). The van der Waals surface area contributed by atoms with E-state index in [9.17, 15) is 14.3 Å². The molecule has 0 radical (unpaired) electrons. The number of hydrogen-bond donors (Lipinski definition) is 2. The first-order valence-corrected chi connectivity index (χ1v) is 9.01. The number of rotatable bonds is 6. The predicted molar refractivity (Wildman–Crippen MR) is 97.2 cm³/mol. The molecular weight excluding hydrogens is 333 g/mol. The number of aromatic nitrogens is 1. The Morgan fingerprint density at radius 2 is 2.08 bits per heavy atom. The maximum atomic E-state index is 13.4. The molecule has 1 aliphatic rings. The molecule has 138 valence electrons. The summed E-state index contributed by atoms with van der Waals surface area (Å²) in [6.45, 7) is 2.52. The number of carbonyl (C=O) groups excluding carboxylic acids is 1. The van der Waals surface area contributed by atoms with Crippen molar-refractivity contribution in [1.82, 2.24) is 15.2 Å². The van der Waals surface area contributed by atoms with Gasteiger partial charge in [0.05, 0.1) is 12.5 Å². The maximum absolute atomic E-state index is 13.4. The van der Waals surface area contributed by atoms with E-state index < -0.39 is 11.6 Å². The summed E-state index contributed by atoms with van der Waals surface area (Å²) in [7, 11) is 0. The van der Waals surface area contributed by atoms with Gasteiger partial charge >= 0.3 is 0 Å². The summed E-state index contributed by atoms with van der Waals surface area (Å²) in [5.74, 6) is -1.28. The monoisotopic (exact) mass is 357 g/mol. The number of halogens is 1. The number of nitrogens with one attached hydrogen (secondary N) is 1. The molecule has 1 atom stereocenters. The number of phenolic OH excluding ortho intramolecular Hbond substituents is 1. The third-order valence-corrected chi connectivity index (χ3v) is 4.77. The number of nitrogens with zero attached hydrogens (tertiary/aromatic N) is 2. The van der Waals surface area contributed by atoms with Gasteiger partial charge in [0.2, 0.25) is 5.91 Å². The van der Waals surface area contributed by atoms with Crippen molar-refractivity contribution in [2.75, 3.05) is 19.6 Å². The van der Waals surface area contributed by atoms with Gasteiger partial charge in [-0.2, -0.15) is 0 Å². The fourth-order valence-corrected chi connectivity index (χ4v) is 3.38. The van der Waals surface area contributed by atoms with Gasteiger partial charge in [-0.1, -0.05) is 18.6 Å². The third kappa shape index (κ3) is 4.79. The lowest BCUT2D eigenvalue weighted by Gasteiger charge is -2.34. The lowest BCUT2D eigenvalue weighted by Crippen LogP contribution is -2.41. The predicted octanol–water partition coefficient (Wildman–Crippen LogP) is 2.81. The van der Waals surface area contributed by atoms with Gasteiger partial charge in [-0.3, -0.25) is 14.7 Å². The molecule has 1 unspecified atom stereocenters. The minimum Gasteiger partial charge on any atom is -0.505 e. The van der Waals surface area contributed by atoms with Crippen LogP contribution in [-0.2, 0) is 11.2 Å². The molecule has 1 aliphatic heterocycles. The molecule has 2 aromatic rings. The highest BCUT2D eigenvalue weighted by molar-refractivity contribution is 5.78. The maximum Gasteiger partial charge on any atom is 0.224 e. The number of amides is 1. The van der Waals surface area contributed by atoms with Crippen LogP contribution in [0.1, 0.15) is 36.4 Å². The quantitative estimate of drug-likeness (QED) is 0.834. The zero-order valence-electron chi connectivity index (χ0n) is 14.7. The standard InChI is InChI=1S/C20H24FN3O2/c21-17-11-15(6-7-19(17)25)12-20(26)23-14-18(16-5-4-8-22-13-16)24-9-2-1-3-10-24/h4-8,11,13,18,25H,1-3,9-10,12,14H2,(H,23,26). The summed E-state index contributed by atoms with van der Waals surface area (Å²) in [5, 5.41) is 12.2. The van der Waals surface area contributed by atoms with Gasteiger partial charge in [-0.25, -0.2) is 4.39 Å². The Morgan fingerprint density at radius 1 is 1.27 bits per heavy atom. The summed E-state index contributed by atoms with van der Waals surface area (Å²) in [4.78, 5) is 18.9. The van der Waals surface area contributed by atoms with Crippen molar-refractivity contribution in [1.29, 1.82) is 0 Å². The van der Waals surface area contributed by atoms with E-state index in [0.29, 0.717) is 12.1 Å². The molecule has 26 heavy (non-hydrogen) atoms. The average Bonchev–Trinajstić information content (AvgIpc) is 2.67. The van der Waals surface area contributed by atoms with Crippen LogP contribution >= 0.6 is 0 Å². The van der Waals surface area contributed by atoms with Crippen molar-refractivity contribution in [3.63, 3.8) is 0 Å². The highest BCUT2D eigenvalue weighted by Gasteiger charge is 2.23. The van der Waals surface area contributed by atoms with Crippen LogP contribution in [0, 0.1) is 5.82 Å². The number of benzene rings is 1. The molecule has 0 bridgehead atoms. The fourth-order valence-electron chi connectivity index (χ4n) is 3.38. The van der Waals surface area contributed by atoms with Crippen molar-refractivity contribution in [2.24, 2.45) is 0 Å². The first kappa shape index (κ1) is 18.3. The molecule has 6 heteroatoms. The van der Waals surface area contributed by atoms with E-state index in [0.717, 1.165) is 31.5 Å². The summed E-state index contributed by atoms with van der Waals surface area (Å²) in [6.07, 6.45) is 7.25. The first-order valence-electron chi connectivity index (χ1n) is 9.01. The molecule has 1 aromatic carbocycles. The van der Waals surface area contributed by atoms with E-state index in [1.807, 2.05) is 18.3 Å². The number of phenols is 1. The molecule has 0 spiro atoms. The van der Waals surface area contributed by atoms with Gasteiger partial charge < -0.3 is 10.4 Å². The molecule has 2 N–H and O–H groups in total. The number of carbonyl (C=O) groups is 1. The van der Waals surface area contributed by atoms with E-state index in [-0.39, 0.29) is 18.4 Å². The van der Waals surface area contributed by atoms with Crippen LogP contribution in [0.2, 0.25) is 0 Å². The van der Waals surface area contributed by atoms with Gasteiger partial charge in [-0.05, 0) is 55.3 Å². The van der Waals surface area contributed by atoms with Crippen LogP contribution in [0.5, 0.6) is 5.75 Å². The second kappa shape index (κ2) is 8.76. The average molecular weight is 357 g/mol. The fraction of sp³-hybridized carbons (Fsp3) is 0.400. The minimum absolute atomic E-state index is 0.0803. The highest BCUT2D eigenvalue weighted by atomic mass is 19.1. The normalized spacial score (nSPS) is 16.2. The van der Waals surface area contributed by atoms with E-state index >= 15 is 0 Å². The Kier molecular flexibility index (Phi) is 6.17. The van der Waals surface area contributed by atoms with Gasteiger partial charge in [0.1, 0.15) is 0 Å². The number of hydrogen-bond acceptors (Lipinski definition) is 4. The number of piperidine rings is 1. The Labute approximate surface area is 152 Å². The summed E-state index contributed by atoms with van der Waals surface area (Å²) in [5.41, 5.74) is 1.62. The van der Waals surface area contributed by atoms with Crippen molar-refractivity contribution < 1.29 is 14.3 Å². The van der Waals surface area contributed by atoms with Gasteiger partial charge in [0, 0.05) is 18.9 Å².